The van der Waals surface area contributed by atoms with Crippen molar-refractivity contribution in [1.82, 2.24) is 10.2 Å². The van der Waals surface area contributed by atoms with Crippen molar-refractivity contribution in [1.29, 1.82) is 0 Å². The Morgan fingerprint density at radius 2 is 2.00 bits per heavy atom. The van der Waals surface area contributed by atoms with Crippen LogP contribution in [0.4, 0.5) is 0 Å². The molecule has 1 aliphatic heterocycles. The van der Waals surface area contributed by atoms with Gasteiger partial charge in [-0.25, -0.2) is 0 Å². The lowest BCUT2D eigenvalue weighted by atomic mass is 9.90. The standard InChI is InChI=1S/C16H30N2O3/c1-3-16(15(19)20,17-13-5-6-13)9-4-10-18-11-7-14(21-2)8-12-18/h13-14,17H,3-12H2,1-2H3,(H,19,20). The summed E-state index contributed by atoms with van der Waals surface area (Å²) in [4.78, 5) is 14.1. The van der Waals surface area contributed by atoms with Crippen LogP contribution in [0, 0.1) is 0 Å². The molecule has 2 fully saturated rings. The van der Waals surface area contributed by atoms with Gasteiger partial charge < -0.3 is 14.7 Å². The highest BCUT2D eigenvalue weighted by molar-refractivity contribution is 5.78. The topological polar surface area (TPSA) is 61.8 Å². The molecule has 5 heteroatoms. The predicted molar refractivity (Wildman–Crippen MR) is 82.5 cm³/mol. The molecule has 0 aromatic carbocycles. The monoisotopic (exact) mass is 298 g/mol. The van der Waals surface area contributed by atoms with Crippen LogP contribution in [0.25, 0.3) is 0 Å². The van der Waals surface area contributed by atoms with Crippen LogP contribution in [0.2, 0.25) is 0 Å². The highest BCUT2D eigenvalue weighted by atomic mass is 16.5. The molecule has 122 valence electrons. The molecule has 0 aromatic rings. The van der Waals surface area contributed by atoms with Gasteiger partial charge in [0.1, 0.15) is 5.54 Å². The number of carboxylic acids is 1. The van der Waals surface area contributed by atoms with E-state index in [4.69, 9.17) is 4.74 Å². The highest BCUT2D eigenvalue weighted by Crippen LogP contribution is 2.27. The van der Waals surface area contributed by atoms with E-state index >= 15 is 0 Å². The molecule has 2 aliphatic rings. The second-order valence-electron chi connectivity index (χ2n) is 6.54. The fourth-order valence-corrected chi connectivity index (χ4v) is 3.26. The number of piperidine rings is 1. The van der Waals surface area contributed by atoms with Gasteiger partial charge in [0, 0.05) is 26.2 Å². The van der Waals surface area contributed by atoms with Crippen molar-refractivity contribution >= 4 is 5.97 Å². The number of likely N-dealkylation sites (tertiary alicyclic amines) is 1. The minimum Gasteiger partial charge on any atom is -0.480 e. The van der Waals surface area contributed by atoms with Crippen molar-refractivity contribution in [2.24, 2.45) is 0 Å². The van der Waals surface area contributed by atoms with Crippen LogP contribution in [0.5, 0.6) is 0 Å². The summed E-state index contributed by atoms with van der Waals surface area (Å²) in [5, 5.41) is 13.0. The summed E-state index contributed by atoms with van der Waals surface area (Å²) < 4.78 is 5.38. The molecular formula is C16H30N2O3. The molecule has 0 radical (unpaired) electrons. The van der Waals surface area contributed by atoms with Gasteiger partial charge in [0.05, 0.1) is 6.10 Å². The van der Waals surface area contributed by atoms with Crippen LogP contribution in [-0.2, 0) is 9.53 Å². The van der Waals surface area contributed by atoms with E-state index in [1.165, 1.54) is 0 Å². The molecule has 1 atom stereocenters. The van der Waals surface area contributed by atoms with E-state index in [0.29, 0.717) is 18.6 Å². The van der Waals surface area contributed by atoms with Crippen LogP contribution in [-0.4, -0.2) is 60.4 Å². The molecule has 1 aliphatic carbocycles. The number of carboxylic acid groups (broad SMARTS) is 1. The van der Waals surface area contributed by atoms with E-state index in [1.807, 2.05) is 6.92 Å². The Morgan fingerprint density at radius 1 is 1.33 bits per heavy atom. The molecule has 2 N–H and O–H groups in total. The predicted octanol–water partition coefficient (Wildman–Crippen LogP) is 1.86. The minimum atomic E-state index is -0.716. The number of nitrogens with zero attached hydrogens (tertiary/aromatic N) is 1. The summed E-state index contributed by atoms with van der Waals surface area (Å²) in [6.45, 7) is 5.12. The SMILES string of the molecule is CCC(CCCN1CCC(OC)CC1)(NC1CC1)C(=O)O. The Morgan fingerprint density at radius 3 is 2.48 bits per heavy atom. The third-order valence-electron chi connectivity index (χ3n) is 5.02. The van der Waals surface area contributed by atoms with Crippen LogP contribution < -0.4 is 5.32 Å². The highest BCUT2D eigenvalue weighted by Gasteiger charge is 2.40. The van der Waals surface area contributed by atoms with Crippen molar-refractivity contribution in [3.05, 3.63) is 0 Å². The molecule has 0 aromatic heterocycles. The van der Waals surface area contributed by atoms with Gasteiger partial charge in [0.2, 0.25) is 0 Å². The maximum absolute atomic E-state index is 11.7. The zero-order valence-electron chi connectivity index (χ0n) is 13.4. The fourth-order valence-electron chi connectivity index (χ4n) is 3.26. The number of nitrogens with one attached hydrogen (secondary N) is 1. The number of methoxy groups -OCH3 is 1. The third-order valence-corrected chi connectivity index (χ3v) is 5.02. The van der Waals surface area contributed by atoms with Crippen molar-refractivity contribution in [3.63, 3.8) is 0 Å². The first-order valence-corrected chi connectivity index (χ1v) is 8.36. The smallest absolute Gasteiger partial charge is 0.323 e. The van der Waals surface area contributed by atoms with Gasteiger partial charge in [-0.15, -0.1) is 0 Å². The summed E-state index contributed by atoms with van der Waals surface area (Å²) in [5.74, 6) is -0.685. The van der Waals surface area contributed by atoms with E-state index in [9.17, 15) is 9.90 Å². The quantitative estimate of drug-likeness (QED) is 0.680. The summed E-state index contributed by atoms with van der Waals surface area (Å²) >= 11 is 0. The Kier molecular flexibility index (Phi) is 6.02. The molecule has 21 heavy (non-hydrogen) atoms. The fraction of sp³-hybridized carbons (Fsp3) is 0.938. The summed E-state index contributed by atoms with van der Waals surface area (Å²) in [6.07, 6.45) is 7.16. The van der Waals surface area contributed by atoms with Crippen molar-refractivity contribution < 1.29 is 14.6 Å². The first kappa shape index (κ1) is 16.7. The molecule has 1 unspecified atom stereocenters. The normalized spacial score (nSPS) is 23.9. The largest absolute Gasteiger partial charge is 0.480 e. The molecule has 0 spiro atoms. The summed E-state index contributed by atoms with van der Waals surface area (Å²) in [7, 11) is 1.78. The lowest BCUT2D eigenvalue weighted by molar-refractivity contribution is -0.145. The zero-order valence-corrected chi connectivity index (χ0v) is 13.4. The summed E-state index contributed by atoms with van der Waals surface area (Å²) in [6, 6.07) is 0.429. The average molecular weight is 298 g/mol. The first-order valence-electron chi connectivity index (χ1n) is 8.36. The number of hydrogen-bond donors (Lipinski definition) is 2. The van der Waals surface area contributed by atoms with E-state index in [-0.39, 0.29) is 0 Å². The Bertz CT molecular complexity index is 338. The van der Waals surface area contributed by atoms with Gasteiger partial charge in [-0.3, -0.25) is 10.1 Å². The average Bonchev–Trinajstić information content (AvgIpc) is 3.30. The molecule has 0 bridgehead atoms. The molecule has 0 amide bonds. The van der Waals surface area contributed by atoms with Gasteiger partial charge in [0.25, 0.3) is 0 Å². The molecule has 5 nitrogen and oxygen atoms in total. The van der Waals surface area contributed by atoms with Crippen molar-refractivity contribution in [2.75, 3.05) is 26.7 Å². The van der Waals surface area contributed by atoms with Crippen LogP contribution in [0.3, 0.4) is 0 Å². The number of aliphatic carboxylic acids is 1. The van der Waals surface area contributed by atoms with E-state index in [0.717, 1.165) is 58.2 Å². The number of hydrogen-bond acceptors (Lipinski definition) is 4. The van der Waals surface area contributed by atoms with Crippen LogP contribution in [0.1, 0.15) is 51.9 Å². The van der Waals surface area contributed by atoms with Crippen molar-refractivity contribution in [3.8, 4) is 0 Å². The Labute approximate surface area is 128 Å². The molecular weight excluding hydrogens is 268 g/mol. The number of ether oxygens (including phenoxy) is 1. The minimum absolute atomic E-state index is 0.409. The van der Waals surface area contributed by atoms with Crippen molar-refractivity contribution in [2.45, 2.75) is 69.6 Å². The third kappa shape index (κ3) is 4.66. The second kappa shape index (κ2) is 7.56. The molecule has 1 heterocycles. The maximum Gasteiger partial charge on any atom is 0.323 e. The Hall–Kier alpha value is -0.650. The lowest BCUT2D eigenvalue weighted by Gasteiger charge is -2.33. The zero-order chi connectivity index (χ0) is 15.3. The molecule has 1 saturated carbocycles. The Balaban J connectivity index is 1.75. The van der Waals surface area contributed by atoms with Crippen LogP contribution in [0.15, 0.2) is 0 Å². The maximum atomic E-state index is 11.7. The van der Waals surface area contributed by atoms with Gasteiger partial charge in [0.15, 0.2) is 0 Å². The molecule has 2 rings (SSSR count). The number of rotatable bonds is 9. The number of carbonyl (C=O) groups is 1. The van der Waals surface area contributed by atoms with Crippen LogP contribution >= 0.6 is 0 Å². The van der Waals surface area contributed by atoms with E-state index < -0.39 is 11.5 Å². The second-order valence-corrected chi connectivity index (χ2v) is 6.54. The first-order chi connectivity index (χ1) is 10.1. The lowest BCUT2D eigenvalue weighted by Crippen LogP contribution is -2.53. The van der Waals surface area contributed by atoms with E-state index in [1.54, 1.807) is 7.11 Å². The van der Waals surface area contributed by atoms with Gasteiger partial charge in [-0.1, -0.05) is 6.92 Å². The van der Waals surface area contributed by atoms with Gasteiger partial charge in [-0.2, -0.15) is 0 Å². The summed E-state index contributed by atoms with van der Waals surface area (Å²) in [5.41, 5.74) is -0.716. The van der Waals surface area contributed by atoms with E-state index in [2.05, 4.69) is 10.2 Å². The van der Waals surface area contributed by atoms with Gasteiger partial charge in [-0.05, 0) is 51.5 Å². The molecule has 1 saturated heterocycles. The van der Waals surface area contributed by atoms with Gasteiger partial charge >= 0.3 is 5.97 Å².